The van der Waals surface area contributed by atoms with Gasteiger partial charge in [-0.05, 0) is 13.8 Å². The topological polar surface area (TPSA) is 51.6 Å². The SMILES string of the molecule is Cc1cnc2c(C)nncc2n1. The van der Waals surface area contributed by atoms with E-state index in [2.05, 4.69) is 20.2 Å². The van der Waals surface area contributed by atoms with Crippen molar-refractivity contribution in [3.05, 3.63) is 23.8 Å². The molecule has 0 saturated heterocycles. The van der Waals surface area contributed by atoms with Crippen LogP contribution in [0.15, 0.2) is 12.4 Å². The van der Waals surface area contributed by atoms with Gasteiger partial charge in [-0.3, -0.25) is 4.98 Å². The molecule has 2 aromatic rings. The highest BCUT2D eigenvalue weighted by atomic mass is 15.1. The Labute approximate surface area is 69.7 Å². The molecule has 0 fully saturated rings. The zero-order valence-electron chi connectivity index (χ0n) is 6.94. The summed E-state index contributed by atoms with van der Waals surface area (Å²) < 4.78 is 0. The van der Waals surface area contributed by atoms with Crippen molar-refractivity contribution in [3.8, 4) is 0 Å². The highest BCUT2D eigenvalue weighted by molar-refractivity contribution is 5.74. The Morgan fingerprint density at radius 1 is 1.17 bits per heavy atom. The van der Waals surface area contributed by atoms with Gasteiger partial charge in [0, 0.05) is 6.20 Å². The molecule has 0 atom stereocenters. The number of rotatable bonds is 0. The second-order valence-corrected chi connectivity index (χ2v) is 2.68. The molecule has 12 heavy (non-hydrogen) atoms. The van der Waals surface area contributed by atoms with Crippen LogP contribution in [0.2, 0.25) is 0 Å². The molecule has 0 unspecified atom stereocenters. The highest BCUT2D eigenvalue weighted by Crippen LogP contribution is 2.08. The predicted molar refractivity (Wildman–Crippen MR) is 44.6 cm³/mol. The first-order valence-corrected chi connectivity index (χ1v) is 3.69. The summed E-state index contributed by atoms with van der Waals surface area (Å²) in [7, 11) is 0. The molecule has 0 amide bonds. The lowest BCUT2D eigenvalue weighted by Crippen LogP contribution is -1.93. The van der Waals surface area contributed by atoms with Crippen molar-refractivity contribution in [3.63, 3.8) is 0 Å². The summed E-state index contributed by atoms with van der Waals surface area (Å²) in [6.45, 7) is 3.78. The summed E-state index contributed by atoms with van der Waals surface area (Å²) in [5.74, 6) is 0. The van der Waals surface area contributed by atoms with Gasteiger partial charge in [0.25, 0.3) is 0 Å². The lowest BCUT2D eigenvalue weighted by molar-refractivity contribution is 0.983. The Morgan fingerprint density at radius 3 is 2.83 bits per heavy atom. The van der Waals surface area contributed by atoms with Gasteiger partial charge in [0.05, 0.1) is 17.6 Å². The molecule has 0 radical (unpaired) electrons. The van der Waals surface area contributed by atoms with E-state index in [0.717, 1.165) is 22.4 Å². The van der Waals surface area contributed by atoms with Crippen LogP contribution in [0.25, 0.3) is 11.0 Å². The molecule has 4 heteroatoms. The second-order valence-electron chi connectivity index (χ2n) is 2.68. The van der Waals surface area contributed by atoms with Gasteiger partial charge in [0.15, 0.2) is 0 Å². The van der Waals surface area contributed by atoms with Crippen molar-refractivity contribution >= 4 is 11.0 Å². The van der Waals surface area contributed by atoms with Crippen molar-refractivity contribution in [2.24, 2.45) is 0 Å². The maximum Gasteiger partial charge on any atom is 0.113 e. The smallest absolute Gasteiger partial charge is 0.113 e. The first kappa shape index (κ1) is 7.09. The van der Waals surface area contributed by atoms with Crippen LogP contribution in [-0.4, -0.2) is 20.2 Å². The van der Waals surface area contributed by atoms with Gasteiger partial charge in [0.2, 0.25) is 0 Å². The van der Waals surface area contributed by atoms with Gasteiger partial charge in [-0.15, -0.1) is 0 Å². The lowest BCUT2D eigenvalue weighted by atomic mass is 10.3. The Bertz CT molecular complexity index is 424. The molecule has 0 bridgehead atoms. The summed E-state index contributed by atoms with van der Waals surface area (Å²) in [4.78, 5) is 8.49. The van der Waals surface area contributed by atoms with Gasteiger partial charge in [0.1, 0.15) is 11.0 Å². The monoisotopic (exact) mass is 160 g/mol. The Kier molecular flexibility index (Phi) is 1.46. The maximum atomic E-state index is 4.27. The van der Waals surface area contributed by atoms with Crippen molar-refractivity contribution in [2.45, 2.75) is 13.8 Å². The predicted octanol–water partition coefficient (Wildman–Crippen LogP) is 1.04. The molecule has 2 rings (SSSR count). The summed E-state index contributed by atoms with van der Waals surface area (Å²) in [6, 6.07) is 0. The zero-order chi connectivity index (χ0) is 8.55. The Balaban J connectivity index is 2.86. The maximum absolute atomic E-state index is 4.27. The van der Waals surface area contributed by atoms with E-state index in [4.69, 9.17) is 0 Å². The minimum absolute atomic E-state index is 0.808. The van der Waals surface area contributed by atoms with Gasteiger partial charge in [-0.1, -0.05) is 0 Å². The van der Waals surface area contributed by atoms with Gasteiger partial charge < -0.3 is 0 Å². The first-order chi connectivity index (χ1) is 5.77. The fourth-order valence-electron chi connectivity index (χ4n) is 1.08. The fraction of sp³-hybridized carbons (Fsp3) is 0.250. The largest absolute Gasteiger partial charge is 0.251 e. The number of hydrogen-bond acceptors (Lipinski definition) is 4. The van der Waals surface area contributed by atoms with Crippen LogP contribution in [0.1, 0.15) is 11.4 Å². The van der Waals surface area contributed by atoms with Crippen LogP contribution in [0.3, 0.4) is 0 Å². The average Bonchev–Trinajstić information content (AvgIpc) is 2.04. The van der Waals surface area contributed by atoms with Crippen LogP contribution < -0.4 is 0 Å². The minimum Gasteiger partial charge on any atom is -0.251 e. The van der Waals surface area contributed by atoms with Crippen molar-refractivity contribution in [2.75, 3.05) is 0 Å². The van der Waals surface area contributed by atoms with Crippen molar-refractivity contribution in [1.82, 2.24) is 20.2 Å². The van der Waals surface area contributed by atoms with E-state index in [9.17, 15) is 0 Å². The van der Waals surface area contributed by atoms with Crippen LogP contribution in [0.4, 0.5) is 0 Å². The van der Waals surface area contributed by atoms with E-state index in [1.165, 1.54) is 0 Å². The van der Waals surface area contributed by atoms with E-state index in [1.54, 1.807) is 12.4 Å². The molecular weight excluding hydrogens is 152 g/mol. The zero-order valence-corrected chi connectivity index (χ0v) is 6.94. The van der Waals surface area contributed by atoms with Gasteiger partial charge in [-0.25, -0.2) is 4.98 Å². The molecule has 0 aliphatic rings. The molecule has 0 N–H and O–H groups in total. The van der Waals surface area contributed by atoms with E-state index in [-0.39, 0.29) is 0 Å². The summed E-state index contributed by atoms with van der Waals surface area (Å²) in [5, 5.41) is 7.69. The minimum atomic E-state index is 0.808. The lowest BCUT2D eigenvalue weighted by Gasteiger charge is -1.97. The number of aromatic nitrogens is 4. The molecule has 0 aliphatic carbocycles. The summed E-state index contributed by atoms with van der Waals surface area (Å²) in [5.41, 5.74) is 3.35. The molecule has 2 aromatic heterocycles. The molecule has 0 aliphatic heterocycles. The summed E-state index contributed by atoms with van der Waals surface area (Å²) >= 11 is 0. The van der Waals surface area contributed by atoms with Gasteiger partial charge >= 0.3 is 0 Å². The summed E-state index contributed by atoms with van der Waals surface area (Å²) in [6.07, 6.45) is 3.36. The van der Waals surface area contributed by atoms with Crippen molar-refractivity contribution < 1.29 is 0 Å². The van der Waals surface area contributed by atoms with Crippen LogP contribution in [-0.2, 0) is 0 Å². The molecule has 2 heterocycles. The molecule has 0 spiro atoms. The molecule has 60 valence electrons. The van der Waals surface area contributed by atoms with Crippen LogP contribution in [0.5, 0.6) is 0 Å². The fourth-order valence-corrected chi connectivity index (χ4v) is 1.08. The number of fused-ring (bicyclic) bond motifs is 1. The van der Waals surface area contributed by atoms with E-state index in [0.29, 0.717) is 0 Å². The van der Waals surface area contributed by atoms with Gasteiger partial charge in [-0.2, -0.15) is 10.2 Å². The number of aryl methyl sites for hydroxylation is 2. The van der Waals surface area contributed by atoms with Crippen LogP contribution >= 0.6 is 0 Å². The third-order valence-electron chi connectivity index (χ3n) is 1.65. The second kappa shape index (κ2) is 2.48. The quantitative estimate of drug-likeness (QED) is 0.577. The first-order valence-electron chi connectivity index (χ1n) is 3.69. The van der Waals surface area contributed by atoms with Crippen LogP contribution in [0, 0.1) is 13.8 Å². The Morgan fingerprint density at radius 2 is 2.00 bits per heavy atom. The Hall–Kier alpha value is -1.58. The molecular formula is C8H8N4. The highest BCUT2D eigenvalue weighted by Gasteiger charge is 2.00. The number of nitrogens with zero attached hydrogens (tertiary/aromatic N) is 4. The third kappa shape index (κ3) is 1.01. The third-order valence-corrected chi connectivity index (χ3v) is 1.65. The van der Waals surface area contributed by atoms with Crippen molar-refractivity contribution in [1.29, 1.82) is 0 Å². The van der Waals surface area contributed by atoms with E-state index < -0.39 is 0 Å². The molecule has 0 aromatic carbocycles. The standard InChI is InChI=1S/C8H8N4/c1-5-3-9-8-6(2)12-10-4-7(8)11-5/h3-4H,1-2H3. The van der Waals surface area contributed by atoms with E-state index in [1.807, 2.05) is 13.8 Å². The van der Waals surface area contributed by atoms with E-state index >= 15 is 0 Å². The number of hydrogen-bond donors (Lipinski definition) is 0. The molecule has 0 saturated carbocycles. The molecule has 4 nitrogen and oxygen atoms in total. The average molecular weight is 160 g/mol. The normalized spacial score (nSPS) is 10.5.